The second kappa shape index (κ2) is 5.33. The molecule has 0 aromatic heterocycles. The van der Waals surface area contributed by atoms with Crippen LogP contribution in [0.15, 0.2) is 18.2 Å². The van der Waals surface area contributed by atoms with Crippen molar-refractivity contribution in [3.05, 3.63) is 35.1 Å². The number of rotatable bonds is 2. The van der Waals surface area contributed by atoms with Crippen molar-refractivity contribution in [3.8, 4) is 11.8 Å². The van der Waals surface area contributed by atoms with E-state index in [0.717, 1.165) is 5.56 Å². The molecule has 0 saturated carbocycles. The Hall–Kier alpha value is -1.33. The molecule has 0 bridgehead atoms. The van der Waals surface area contributed by atoms with Crippen LogP contribution < -0.4 is 5.73 Å². The van der Waals surface area contributed by atoms with Crippen LogP contribution >= 0.6 is 0 Å². The molecule has 92 valence electrons. The summed E-state index contributed by atoms with van der Waals surface area (Å²) in [6.45, 7) is 7.90. The van der Waals surface area contributed by atoms with E-state index in [9.17, 15) is 4.39 Å². The van der Waals surface area contributed by atoms with Gasteiger partial charge in [0.2, 0.25) is 0 Å². The van der Waals surface area contributed by atoms with Gasteiger partial charge in [-0.2, -0.15) is 0 Å². The van der Waals surface area contributed by atoms with E-state index in [2.05, 4.69) is 32.6 Å². The van der Waals surface area contributed by atoms with Crippen LogP contribution in [-0.2, 0) is 0 Å². The zero-order valence-electron chi connectivity index (χ0n) is 11.0. The normalized spacial score (nSPS) is 12.8. The second-order valence-electron chi connectivity index (χ2n) is 5.37. The van der Waals surface area contributed by atoms with E-state index in [-0.39, 0.29) is 17.3 Å². The Morgan fingerprint density at radius 2 is 2.00 bits per heavy atom. The van der Waals surface area contributed by atoms with Gasteiger partial charge < -0.3 is 5.73 Å². The standard InChI is InChI=1S/C15H20FN/c1-11-7-8-12(10-13(11)16)14(17)6-5-9-15(2,3)4/h7-8,10,14H,6,17H2,1-4H3. The zero-order valence-corrected chi connectivity index (χ0v) is 11.0. The van der Waals surface area contributed by atoms with Crippen molar-refractivity contribution in [2.45, 2.75) is 40.2 Å². The molecule has 17 heavy (non-hydrogen) atoms. The first-order valence-electron chi connectivity index (χ1n) is 5.81. The summed E-state index contributed by atoms with van der Waals surface area (Å²) < 4.78 is 13.4. The SMILES string of the molecule is Cc1ccc(C(N)CC#CC(C)(C)C)cc1F. The maximum absolute atomic E-state index is 13.4. The van der Waals surface area contributed by atoms with E-state index in [1.54, 1.807) is 13.0 Å². The molecule has 2 heteroatoms. The lowest BCUT2D eigenvalue weighted by Crippen LogP contribution is -2.10. The summed E-state index contributed by atoms with van der Waals surface area (Å²) in [5.41, 5.74) is 7.40. The Morgan fingerprint density at radius 3 is 2.53 bits per heavy atom. The van der Waals surface area contributed by atoms with Gasteiger partial charge in [0.25, 0.3) is 0 Å². The Balaban J connectivity index is 2.73. The summed E-state index contributed by atoms with van der Waals surface area (Å²) in [6.07, 6.45) is 0.555. The molecule has 0 saturated heterocycles. The fourth-order valence-electron chi connectivity index (χ4n) is 1.38. The maximum Gasteiger partial charge on any atom is 0.126 e. The number of halogens is 1. The molecule has 0 radical (unpaired) electrons. The van der Waals surface area contributed by atoms with Crippen LogP contribution in [0, 0.1) is 30.0 Å². The third kappa shape index (κ3) is 4.58. The molecule has 1 nitrogen and oxygen atoms in total. The molecule has 0 spiro atoms. The van der Waals surface area contributed by atoms with Crippen molar-refractivity contribution < 1.29 is 4.39 Å². The van der Waals surface area contributed by atoms with E-state index in [1.807, 2.05) is 6.07 Å². The molecule has 1 aromatic carbocycles. The molecule has 1 unspecified atom stereocenters. The maximum atomic E-state index is 13.4. The quantitative estimate of drug-likeness (QED) is 0.776. The van der Waals surface area contributed by atoms with E-state index in [4.69, 9.17) is 5.73 Å². The predicted molar refractivity (Wildman–Crippen MR) is 69.9 cm³/mol. The van der Waals surface area contributed by atoms with Gasteiger partial charge in [0.1, 0.15) is 5.82 Å². The highest BCUT2D eigenvalue weighted by Gasteiger charge is 2.08. The minimum absolute atomic E-state index is 0.0156. The van der Waals surface area contributed by atoms with Crippen LogP contribution in [0.1, 0.15) is 44.4 Å². The van der Waals surface area contributed by atoms with Gasteiger partial charge in [-0.1, -0.05) is 18.1 Å². The van der Waals surface area contributed by atoms with Gasteiger partial charge in [-0.25, -0.2) is 4.39 Å². The molecule has 1 rings (SSSR count). The summed E-state index contributed by atoms with van der Waals surface area (Å²) in [5, 5.41) is 0. The number of nitrogens with two attached hydrogens (primary N) is 1. The third-order valence-corrected chi connectivity index (χ3v) is 2.41. The highest BCUT2D eigenvalue weighted by Crippen LogP contribution is 2.17. The summed E-state index contributed by atoms with van der Waals surface area (Å²) in [5.74, 6) is 5.98. The molecule has 1 aromatic rings. The Kier molecular flexibility index (Phi) is 4.31. The molecule has 0 aliphatic carbocycles. The van der Waals surface area contributed by atoms with Crippen molar-refractivity contribution in [1.82, 2.24) is 0 Å². The lowest BCUT2D eigenvalue weighted by Gasteiger charge is -2.11. The van der Waals surface area contributed by atoms with Gasteiger partial charge in [0.15, 0.2) is 0 Å². The van der Waals surface area contributed by atoms with Crippen LogP contribution in [0.4, 0.5) is 4.39 Å². The van der Waals surface area contributed by atoms with Crippen molar-refractivity contribution >= 4 is 0 Å². The minimum atomic E-state index is -0.222. The minimum Gasteiger partial charge on any atom is -0.323 e. The number of hydrogen-bond donors (Lipinski definition) is 1. The Morgan fingerprint density at radius 1 is 1.35 bits per heavy atom. The van der Waals surface area contributed by atoms with Gasteiger partial charge >= 0.3 is 0 Å². The molecule has 2 N–H and O–H groups in total. The molecule has 0 aliphatic rings. The summed E-state index contributed by atoms with van der Waals surface area (Å²) in [4.78, 5) is 0. The zero-order chi connectivity index (χ0) is 13.1. The first-order valence-corrected chi connectivity index (χ1v) is 5.81. The van der Waals surface area contributed by atoms with Gasteiger partial charge in [-0.15, -0.1) is 5.92 Å². The van der Waals surface area contributed by atoms with Crippen molar-refractivity contribution in [1.29, 1.82) is 0 Å². The molecule has 0 aliphatic heterocycles. The smallest absolute Gasteiger partial charge is 0.126 e. The highest BCUT2D eigenvalue weighted by molar-refractivity contribution is 5.26. The topological polar surface area (TPSA) is 26.0 Å². The molecule has 0 heterocycles. The summed E-state index contributed by atoms with van der Waals surface area (Å²) >= 11 is 0. The lowest BCUT2D eigenvalue weighted by molar-refractivity contribution is 0.569. The van der Waals surface area contributed by atoms with Crippen LogP contribution in [0.5, 0.6) is 0 Å². The van der Waals surface area contributed by atoms with E-state index >= 15 is 0 Å². The molecule has 0 amide bonds. The van der Waals surface area contributed by atoms with Gasteiger partial charge in [0.05, 0.1) is 0 Å². The van der Waals surface area contributed by atoms with Crippen molar-refractivity contribution in [2.24, 2.45) is 11.1 Å². The van der Waals surface area contributed by atoms with Crippen LogP contribution in [0.3, 0.4) is 0 Å². The number of aryl methyl sites for hydroxylation is 1. The fourth-order valence-corrected chi connectivity index (χ4v) is 1.38. The molecular weight excluding hydrogens is 213 g/mol. The van der Waals surface area contributed by atoms with Crippen LogP contribution in [0.25, 0.3) is 0 Å². The van der Waals surface area contributed by atoms with Crippen LogP contribution in [-0.4, -0.2) is 0 Å². The first-order chi connectivity index (χ1) is 7.79. The molecule has 1 atom stereocenters. The molecular formula is C15H20FN. The summed E-state index contributed by atoms with van der Waals surface area (Å²) in [7, 11) is 0. The van der Waals surface area contributed by atoms with Gasteiger partial charge in [-0.3, -0.25) is 0 Å². The number of benzene rings is 1. The highest BCUT2D eigenvalue weighted by atomic mass is 19.1. The first kappa shape index (κ1) is 13.7. The fraction of sp³-hybridized carbons (Fsp3) is 0.467. The Labute approximate surface area is 103 Å². The van der Waals surface area contributed by atoms with Gasteiger partial charge in [0, 0.05) is 17.9 Å². The number of hydrogen-bond acceptors (Lipinski definition) is 1. The van der Waals surface area contributed by atoms with E-state index < -0.39 is 0 Å². The average molecular weight is 233 g/mol. The lowest BCUT2D eigenvalue weighted by atomic mass is 9.96. The van der Waals surface area contributed by atoms with E-state index in [1.165, 1.54) is 6.07 Å². The van der Waals surface area contributed by atoms with E-state index in [0.29, 0.717) is 12.0 Å². The molecule has 0 fully saturated rings. The van der Waals surface area contributed by atoms with Gasteiger partial charge in [-0.05, 0) is 44.9 Å². The monoisotopic (exact) mass is 233 g/mol. The Bertz CT molecular complexity index is 446. The third-order valence-electron chi connectivity index (χ3n) is 2.41. The predicted octanol–water partition coefficient (Wildman–Crippen LogP) is 3.57. The second-order valence-corrected chi connectivity index (χ2v) is 5.37. The van der Waals surface area contributed by atoms with Crippen molar-refractivity contribution in [3.63, 3.8) is 0 Å². The average Bonchev–Trinajstić information content (AvgIpc) is 2.20. The largest absolute Gasteiger partial charge is 0.323 e. The van der Waals surface area contributed by atoms with Crippen molar-refractivity contribution in [2.75, 3.05) is 0 Å². The summed E-state index contributed by atoms with van der Waals surface area (Å²) in [6, 6.07) is 4.89. The van der Waals surface area contributed by atoms with Crippen LogP contribution in [0.2, 0.25) is 0 Å².